The Morgan fingerprint density at radius 3 is 2.86 bits per heavy atom. The fraction of sp³-hybridized carbons (Fsp3) is 0.455. The van der Waals surface area contributed by atoms with Gasteiger partial charge in [-0.2, -0.15) is 0 Å². The van der Waals surface area contributed by atoms with Gasteiger partial charge in [0.2, 0.25) is 0 Å². The van der Waals surface area contributed by atoms with Crippen LogP contribution in [0.15, 0.2) is 18.2 Å². The van der Waals surface area contributed by atoms with Crippen LogP contribution in [0.1, 0.15) is 18.4 Å². The van der Waals surface area contributed by atoms with Crippen LogP contribution in [0.2, 0.25) is 5.02 Å². The average molecular weight is 212 g/mol. The highest BCUT2D eigenvalue weighted by atomic mass is 35.5. The van der Waals surface area contributed by atoms with Crippen LogP contribution in [-0.2, 0) is 11.3 Å². The number of nitrogens with two attached hydrogens (primary N) is 1. The van der Waals surface area contributed by atoms with Crippen LogP contribution in [0.25, 0.3) is 0 Å². The van der Waals surface area contributed by atoms with Gasteiger partial charge in [0.1, 0.15) is 0 Å². The van der Waals surface area contributed by atoms with Gasteiger partial charge in [0, 0.05) is 22.9 Å². The lowest BCUT2D eigenvalue weighted by Crippen LogP contribution is -2.00. The molecular formula is C11H14ClNO. The zero-order valence-corrected chi connectivity index (χ0v) is 8.76. The maximum atomic E-state index is 5.79. The summed E-state index contributed by atoms with van der Waals surface area (Å²) in [6.07, 6.45) is 2.63. The molecule has 0 radical (unpaired) electrons. The average Bonchev–Trinajstić information content (AvgIpc) is 2.92. The molecule has 1 aromatic rings. The Morgan fingerprint density at radius 2 is 2.21 bits per heavy atom. The quantitative estimate of drug-likeness (QED) is 0.778. The minimum absolute atomic E-state index is 0.597. The number of rotatable bonds is 4. The fourth-order valence-corrected chi connectivity index (χ4v) is 1.50. The summed E-state index contributed by atoms with van der Waals surface area (Å²) in [5, 5.41) is 0.674. The largest absolute Gasteiger partial charge is 0.398 e. The van der Waals surface area contributed by atoms with Crippen molar-refractivity contribution in [3.8, 4) is 0 Å². The number of anilines is 1. The van der Waals surface area contributed by atoms with Gasteiger partial charge in [0.25, 0.3) is 0 Å². The predicted molar refractivity (Wildman–Crippen MR) is 58.2 cm³/mol. The van der Waals surface area contributed by atoms with Gasteiger partial charge in [0.15, 0.2) is 0 Å². The molecule has 0 spiro atoms. The second kappa shape index (κ2) is 4.20. The monoisotopic (exact) mass is 211 g/mol. The molecule has 0 aliphatic heterocycles. The molecule has 0 saturated heterocycles. The molecule has 2 rings (SSSR count). The van der Waals surface area contributed by atoms with E-state index in [1.807, 2.05) is 12.1 Å². The number of halogens is 1. The van der Waals surface area contributed by atoms with E-state index in [9.17, 15) is 0 Å². The summed E-state index contributed by atoms with van der Waals surface area (Å²) in [5.41, 5.74) is 7.53. The van der Waals surface area contributed by atoms with E-state index in [4.69, 9.17) is 22.1 Å². The topological polar surface area (TPSA) is 35.2 Å². The highest BCUT2D eigenvalue weighted by Crippen LogP contribution is 2.29. The summed E-state index contributed by atoms with van der Waals surface area (Å²) in [7, 11) is 0. The van der Waals surface area contributed by atoms with Crippen molar-refractivity contribution in [2.45, 2.75) is 19.4 Å². The van der Waals surface area contributed by atoms with E-state index in [2.05, 4.69) is 0 Å². The molecule has 0 aromatic heterocycles. The predicted octanol–water partition coefficient (Wildman–Crippen LogP) is 2.85. The Balaban J connectivity index is 1.87. The SMILES string of the molecule is Nc1cc(Cl)ccc1COCC1CC1. The molecule has 0 bridgehead atoms. The summed E-state index contributed by atoms with van der Waals surface area (Å²) < 4.78 is 5.54. The van der Waals surface area contributed by atoms with E-state index in [0.29, 0.717) is 17.3 Å². The summed E-state index contributed by atoms with van der Waals surface area (Å²) in [6.45, 7) is 1.46. The third kappa shape index (κ3) is 2.63. The highest BCUT2D eigenvalue weighted by Gasteiger charge is 2.21. The van der Waals surface area contributed by atoms with Crippen molar-refractivity contribution < 1.29 is 4.74 Å². The number of nitrogen functional groups attached to an aromatic ring is 1. The van der Waals surface area contributed by atoms with Crippen LogP contribution < -0.4 is 5.73 Å². The molecule has 1 fully saturated rings. The summed E-state index contributed by atoms with van der Waals surface area (Å²) >= 11 is 5.79. The van der Waals surface area contributed by atoms with Crippen LogP contribution in [0.4, 0.5) is 5.69 Å². The van der Waals surface area contributed by atoms with Crippen LogP contribution >= 0.6 is 11.6 Å². The minimum atomic E-state index is 0.597. The number of benzene rings is 1. The van der Waals surface area contributed by atoms with E-state index < -0.39 is 0 Å². The number of hydrogen-bond acceptors (Lipinski definition) is 2. The highest BCUT2D eigenvalue weighted by molar-refractivity contribution is 6.30. The van der Waals surface area contributed by atoms with Crippen molar-refractivity contribution >= 4 is 17.3 Å². The molecule has 0 atom stereocenters. The Bertz CT molecular complexity index is 323. The lowest BCUT2D eigenvalue weighted by molar-refractivity contribution is 0.111. The van der Waals surface area contributed by atoms with Crippen molar-refractivity contribution in [3.63, 3.8) is 0 Å². The third-order valence-electron chi connectivity index (χ3n) is 2.42. The van der Waals surface area contributed by atoms with Crippen molar-refractivity contribution in [2.24, 2.45) is 5.92 Å². The lowest BCUT2D eigenvalue weighted by Gasteiger charge is -2.06. The van der Waals surface area contributed by atoms with Gasteiger partial charge in [-0.1, -0.05) is 17.7 Å². The molecule has 1 saturated carbocycles. The zero-order valence-electron chi connectivity index (χ0n) is 8.00. The first kappa shape index (κ1) is 9.81. The number of hydrogen-bond donors (Lipinski definition) is 1. The minimum Gasteiger partial charge on any atom is -0.398 e. The Kier molecular flexibility index (Phi) is 2.94. The van der Waals surface area contributed by atoms with E-state index in [1.165, 1.54) is 12.8 Å². The molecule has 2 N–H and O–H groups in total. The Morgan fingerprint density at radius 1 is 1.43 bits per heavy atom. The summed E-state index contributed by atoms with van der Waals surface area (Å²) in [6, 6.07) is 5.52. The Labute approximate surface area is 89.0 Å². The van der Waals surface area contributed by atoms with E-state index in [-0.39, 0.29) is 0 Å². The van der Waals surface area contributed by atoms with Gasteiger partial charge in [-0.05, 0) is 30.9 Å². The molecule has 1 aliphatic rings. The van der Waals surface area contributed by atoms with Gasteiger partial charge >= 0.3 is 0 Å². The second-order valence-electron chi connectivity index (χ2n) is 3.80. The standard InChI is InChI=1S/C11H14ClNO/c12-10-4-3-9(11(13)5-10)7-14-6-8-1-2-8/h3-5,8H,1-2,6-7,13H2. The lowest BCUT2D eigenvalue weighted by atomic mass is 10.2. The van der Waals surface area contributed by atoms with Crippen molar-refractivity contribution in [1.82, 2.24) is 0 Å². The molecule has 0 heterocycles. The van der Waals surface area contributed by atoms with E-state index in [1.54, 1.807) is 6.07 Å². The Hall–Kier alpha value is -0.730. The molecule has 0 amide bonds. The first-order valence-electron chi connectivity index (χ1n) is 4.87. The summed E-state index contributed by atoms with van der Waals surface area (Å²) in [5.74, 6) is 0.795. The van der Waals surface area contributed by atoms with Crippen LogP contribution in [0.5, 0.6) is 0 Å². The smallest absolute Gasteiger partial charge is 0.0737 e. The maximum absolute atomic E-state index is 5.79. The number of ether oxygens (including phenoxy) is 1. The fourth-order valence-electron chi connectivity index (χ4n) is 1.32. The molecule has 1 aliphatic carbocycles. The molecule has 76 valence electrons. The molecule has 2 nitrogen and oxygen atoms in total. The van der Waals surface area contributed by atoms with E-state index >= 15 is 0 Å². The molecule has 3 heteroatoms. The maximum Gasteiger partial charge on any atom is 0.0737 e. The van der Waals surface area contributed by atoms with Gasteiger partial charge in [-0.3, -0.25) is 0 Å². The van der Waals surface area contributed by atoms with Crippen molar-refractivity contribution in [1.29, 1.82) is 0 Å². The second-order valence-corrected chi connectivity index (χ2v) is 4.24. The molecular weight excluding hydrogens is 198 g/mol. The molecule has 1 aromatic carbocycles. The molecule has 14 heavy (non-hydrogen) atoms. The van der Waals surface area contributed by atoms with Crippen LogP contribution in [-0.4, -0.2) is 6.61 Å². The first-order valence-corrected chi connectivity index (χ1v) is 5.25. The molecule has 0 unspecified atom stereocenters. The zero-order chi connectivity index (χ0) is 9.97. The van der Waals surface area contributed by atoms with Crippen molar-refractivity contribution in [2.75, 3.05) is 12.3 Å². The van der Waals surface area contributed by atoms with Crippen LogP contribution in [0.3, 0.4) is 0 Å². The normalized spacial score (nSPS) is 15.8. The summed E-state index contributed by atoms with van der Waals surface area (Å²) in [4.78, 5) is 0. The van der Waals surface area contributed by atoms with Gasteiger partial charge in [-0.25, -0.2) is 0 Å². The third-order valence-corrected chi connectivity index (χ3v) is 2.65. The first-order chi connectivity index (χ1) is 6.75. The van der Waals surface area contributed by atoms with Crippen molar-refractivity contribution in [3.05, 3.63) is 28.8 Å². The van der Waals surface area contributed by atoms with Gasteiger partial charge in [-0.15, -0.1) is 0 Å². The van der Waals surface area contributed by atoms with Gasteiger partial charge in [0.05, 0.1) is 6.61 Å². The van der Waals surface area contributed by atoms with Crippen LogP contribution in [0, 0.1) is 5.92 Å². The van der Waals surface area contributed by atoms with E-state index in [0.717, 1.165) is 18.1 Å². The van der Waals surface area contributed by atoms with Gasteiger partial charge < -0.3 is 10.5 Å².